The van der Waals surface area contributed by atoms with Crippen molar-refractivity contribution in [3.8, 4) is 22.9 Å². The Labute approximate surface area is 154 Å². The molecule has 4 rings (SSSR count). The number of carbonyl (C=O) groups is 1. The monoisotopic (exact) mass is 355 g/mol. The van der Waals surface area contributed by atoms with E-state index in [2.05, 4.69) is 21.1 Å². The summed E-state index contributed by atoms with van der Waals surface area (Å²) in [5.41, 5.74) is 3.34. The predicted molar refractivity (Wildman–Crippen MR) is 97.1 cm³/mol. The van der Waals surface area contributed by atoms with Crippen molar-refractivity contribution in [1.29, 1.82) is 5.26 Å². The van der Waals surface area contributed by atoms with Gasteiger partial charge in [-0.3, -0.25) is 0 Å². The summed E-state index contributed by atoms with van der Waals surface area (Å²) in [5.74, 6) is 0.0399. The van der Waals surface area contributed by atoms with E-state index in [1.807, 2.05) is 31.2 Å². The highest BCUT2D eigenvalue weighted by atomic mass is 16.5. The number of esters is 1. The van der Waals surface area contributed by atoms with E-state index in [1.54, 1.807) is 36.5 Å². The Bertz CT molecular complexity index is 1170. The largest absolute Gasteiger partial charge is 0.421 e. The number of ether oxygens (including phenoxy) is 1. The van der Waals surface area contributed by atoms with Gasteiger partial charge in [-0.2, -0.15) is 10.2 Å². The SMILES string of the molecule is Cc1ccnc2nc(C(=O)Oc3ccc(-c4ccc(C#N)cc4)cc3)nn12. The fraction of sp³-hybridized carbons (Fsp3) is 0.0500. The average molecular weight is 355 g/mol. The van der Waals surface area contributed by atoms with Crippen LogP contribution in [0.5, 0.6) is 5.75 Å². The van der Waals surface area contributed by atoms with E-state index in [4.69, 9.17) is 10.00 Å². The van der Waals surface area contributed by atoms with Crippen LogP contribution in [0.2, 0.25) is 0 Å². The highest BCUT2D eigenvalue weighted by molar-refractivity contribution is 5.87. The fourth-order valence-corrected chi connectivity index (χ4v) is 2.60. The van der Waals surface area contributed by atoms with E-state index >= 15 is 0 Å². The summed E-state index contributed by atoms with van der Waals surface area (Å²) >= 11 is 0. The summed E-state index contributed by atoms with van der Waals surface area (Å²) in [6.07, 6.45) is 1.61. The van der Waals surface area contributed by atoms with E-state index in [9.17, 15) is 4.79 Å². The Hall–Kier alpha value is -4.05. The normalized spacial score (nSPS) is 10.5. The van der Waals surface area contributed by atoms with E-state index < -0.39 is 5.97 Å². The third kappa shape index (κ3) is 3.24. The lowest BCUT2D eigenvalue weighted by Gasteiger charge is -2.05. The van der Waals surface area contributed by atoms with Gasteiger partial charge in [-0.1, -0.05) is 24.3 Å². The molecule has 0 N–H and O–H groups in total. The van der Waals surface area contributed by atoms with Gasteiger partial charge in [0.15, 0.2) is 0 Å². The number of rotatable bonds is 3. The summed E-state index contributed by atoms with van der Waals surface area (Å²) in [6, 6.07) is 18.2. The summed E-state index contributed by atoms with van der Waals surface area (Å²) in [4.78, 5) is 20.5. The molecule has 0 saturated carbocycles. The third-order valence-electron chi connectivity index (χ3n) is 4.02. The lowest BCUT2D eigenvalue weighted by molar-refractivity contribution is 0.0722. The van der Waals surface area contributed by atoms with Gasteiger partial charge in [-0.25, -0.2) is 14.3 Å². The molecular weight excluding hydrogens is 342 g/mol. The Morgan fingerprint density at radius 2 is 1.70 bits per heavy atom. The number of hydrogen-bond acceptors (Lipinski definition) is 6. The van der Waals surface area contributed by atoms with Crippen LogP contribution in [0.3, 0.4) is 0 Å². The molecule has 2 aromatic heterocycles. The lowest BCUT2D eigenvalue weighted by Crippen LogP contribution is -2.10. The number of nitriles is 1. The molecule has 7 nitrogen and oxygen atoms in total. The number of aromatic nitrogens is 4. The van der Waals surface area contributed by atoms with Crippen LogP contribution >= 0.6 is 0 Å². The maximum Gasteiger partial charge on any atom is 0.383 e. The summed E-state index contributed by atoms with van der Waals surface area (Å²) in [7, 11) is 0. The molecule has 7 heteroatoms. The number of carbonyl (C=O) groups excluding carboxylic acids is 1. The highest BCUT2D eigenvalue weighted by Crippen LogP contribution is 2.23. The zero-order valence-electron chi connectivity index (χ0n) is 14.3. The van der Waals surface area contributed by atoms with E-state index in [0.29, 0.717) is 17.1 Å². The van der Waals surface area contributed by atoms with Gasteiger partial charge in [0.1, 0.15) is 5.75 Å². The van der Waals surface area contributed by atoms with Crippen LogP contribution in [0.15, 0.2) is 60.8 Å². The van der Waals surface area contributed by atoms with Crippen LogP contribution in [0.4, 0.5) is 0 Å². The Morgan fingerprint density at radius 3 is 2.33 bits per heavy atom. The van der Waals surface area contributed by atoms with Gasteiger partial charge >= 0.3 is 5.97 Å². The van der Waals surface area contributed by atoms with Crippen molar-refractivity contribution in [1.82, 2.24) is 19.6 Å². The van der Waals surface area contributed by atoms with Crippen LogP contribution in [0.1, 0.15) is 21.9 Å². The van der Waals surface area contributed by atoms with Crippen LogP contribution in [0.25, 0.3) is 16.9 Å². The first-order chi connectivity index (χ1) is 13.1. The van der Waals surface area contributed by atoms with Crippen LogP contribution in [-0.2, 0) is 0 Å². The molecule has 0 amide bonds. The van der Waals surface area contributed by atoms with Crippen LogP contribution in [-0.4, -0.2) is 25.6 Å². The molecule has 0 unspecified atom stereocenters. The van der Waals surface area contributed by atoms with Crippen molar-refractivity contribution in [2.45, 2.75) is 6.92 Å². The number of benzene rings is 2. The van der Waals surface area contributed by atoms with E-state index in [1.165, 1.54) is 4.52 Å². The minimum atomic E-state index is -0.647. The van der Waals surface area contributed by atoms with Crippen LogP contribution in [0, 0.1) is 18.3 Å². The second-order valence-corrected chi connectivity index (χ2v) is 5.84. The molecule has 27 heavy (non-hydrogen) atoms. The van der Waals surface area contributed by atoms with Gasteiger partial charge in [0.2, 0.25) is 0 Å². The summed E-state index contributed by atoms with van der Waals surface area (Å²) in [6.45, 7) is 1.85. The quantitative estimate of drug-likeness (QED) is 0.414. The molecule has 0 radical (unpaired) electrons. The fourth-order valence-electron chi connectivity index (χ4n) is 2.60. The molecule has 4 aromatic rings. The number of nitrogens with zero attached hydrogens (tertiary/aromatic N) is 5. The smallest absolute Gasteiger partial charge is 0.383 e. The lowest BCUT2D eigenvalue weighted by atomic mass is 10.0. The van der Waals surface area contributed by atoms with Gasteiger partial charge in [0.25, 0.3) is 11.6 Å². The average Bonchev–Trinajstić information content (AvgIpc) is 3.15. The Morgan fingerprint density at radius 1 is 1.04 bits per heavy atom. The van der Waals surface area contributed by atoms with Gasteiger partial charge in [-0.05, 0) is 48.4 Å². The van der Waals surface area contributed by atoms with Crippen molar-refractivity contribution in [2.75, 3.05) is 0 Å². The maximum absolute atomic E-state index is 12.3. The number of hydrogen-bond donors (Lipinski definition) is 0. The molecule has 2 aromatic carbocycles. The molecule has 130 valence electrons. The van der Waals surface area contributed by atoms with Gasteiger partial charge in [0.05, 0.1) is 11.6 Å². The predicted octanol–water partition coefficient (Wildman–Crippen LogP) is 3.19. The summed E-state index contributed by atoms with van der Waals surface area (Å²) in [5, 5.41) is 13.0. The van der Waals surface area contributed by atoms with Crippen molar-refractivity contribution in [3.63, 3.8) is 0 Å². The molecule has 0 saturated heterocycles. The standard InChI is InChI=1S/C20H13N5O2/c1-13-10-11-22-20-23-18(24-25(13)20)19(26)27-17-8-6-16(7-9-17)15-4-2-14(12-21)3-5-15/h2-11H,1H3. The van der Waals surface area contributed by atoms with Gasteiger partial charge < -0.3 is 4.74 Å². The third-order valence-corrected chi connectivity index (χ3v) is 4.02. The highest BCUT2D eigenvalue weighted by Gasteiger charge is 2.16. The number of fused-ring (bicyclic) bond motifs is 1. The molecule has 0 fully saturated rings. The topological polar surface area (TPSA) is 93.2 Å². The second kappa shape index (κ2) is 6.69. The first-order valence-electron chi connectivity index (χ1n) is 8.15. The molecular formula is C20H13N5O2. The van der Waals surface area contributed by atoms with Crippen LogP contribution < -0.4 is 4.74 Å². The molecule has 2 heterocycles. The molecule has 0 aliphatic heterocycles. The zero-order chi connectivity index (χ0) is 18.8. The Balaban J connectivity index is 1.52. The van der Waals surface area contributed by atoms with Crippen molar-refractivity contribution in [3.05, 3.63) is 77.9 Å². The molecule has 0 aliphatic rings. The van der Waals surface area contributed by atoms with Crippen molar-refractivity contribution < 1.29 is 9.53 Å². The van der Waals surface area contributed by atoms with Gasteiger partial charge in [0, 0.05) is 11.9 Å². The Kier molecular flexibility index (Phi) is 4.07. The first-order valence-corrected chi connectivity index (χ1v) is 8.15. The maximum atomic E-state index is 12.3. The molecule has 0 aliphatic carbocycles. The van der Waals surface area contributed by atoms with Crippen molar-refractivity contribution in [2.24, 2.45) is 0 Å². The molecule has 0 atom stereocenters. The minimum Gasteiger partial charge on any atom is -0.421 e. The van der Waals surface area contributed by atoms with Crippen molar-refractivity contribution >= 4 is 11.7 Å². The molecule has 0 bridgehead atoms. The molecule has 0 spiro atoms. The number of aryl methyl sites for hydroxylation is 1. The van der Waals surface area contributed by atoms with E-state index in [-0.39, 0.29) is 5.82 Å². The van der Waals surface area contributed by atoms with E-state index in [0.717, 1.165) is 16.8 Å². The second-order valence-electron chi connectivity index (χ2n) is 5.84. The first kappa shape index (κ1) is 16.4. The van der Waals surface area contributed by atoms with Gasteiger partial charge in [-0.15, -0.1) is 5.10 Å². The zero-order valence-corrected chi connectivity index (χ0v) is 14.3. The summed E-state index contributed by atoms with van der Waals surface area (Å²) < 4.78 is 6.84. The minimum absolute atomic E-state index is 0.0482.